The molecule has 3 rings (SSSR count). The third kappa shape index (κ3) is 16.0. The van der Waals surface area contributed by atoms with Crippen LogP contribution in [-0.2, 0) is 28.4 Å². The normalized spacial score (nSPS) is 18.4. The molecular formula is C34H53NO10. The molecule has 0 amide bonds. The average molecular weight is 636 g/mol. The van der Waals surface area contributed by atoms with Gasteiger partial charge >= 0.3 is 11.9 Å². The minimum absolute atomic E-state index is 0.0304. The van der Waals surface area contributed by atoms with Crippen molar-refractivity contribution in [2.45, 2.75) is 128 Å². The van der Waals surface area contributed by atoms with Crippen molar-refractivity contribution in [2.24, 2.45) is 0 Å². The number of unbranched alkanes of at least 4 members (excludes halogenated alkanes) is 10. The van der Waals surface area contributed by atoms with Gasteiger partial charge in [0, 0.05) is 38.6 Å². The Morgan fingerprint density at radius 3 is 1.40 bits per heavy atom. The number of nitrogens with zero attached hydrogens (tertiary/aromatic N) is 1. The predicted octanol–water partition coefficient (Wildman–Crippen LogP) is 7.68. The van der Waals surface area contributed by atoms with Crippen molar-refractivity contribution >= 4 is 17.6 Å². The van der Waals surface area contributed by atoms with E-state index in [0.29, 0.717) is 12.8 Å². The van der Waals surface area contributed by atoms with Crippen molar-refractivity contribution in [3.8, 4) is 0 Å². The second-order valence-corrected chi connectivity index (χ2v) is 11.9. The summed E-state index contributed by atoms with van der Waals surface area (Å²) >= 11 is 0. The maximum absolute atomic E-state index is 12.6. The van der Waals surface area contributed by atoms with Crippen LogP contribution in [0.25, 0.3) is 0 Å². The molecule has 254 valence electrons. The number of esters is 2. The summed E-state index contributed by atoms with van der Waals surface area (Å²) < 4.78 is 33.3. The Balaban J connectivity index is 1.23. The molecule has 0 radical (unpaired) electrons. The number of nitro benzene ring substituents is 1. The molecule has 2 unspecified atom stereocenters. The Kier molecular flexibility index (Phi) is 18.7. The first-order valence-corrected chi connectivity index (χ1v) is 17.1. The number of nitro groups is 1. The molecule has 2 atom stereocenters. The van der Waals surface area contributed by atoms with Gasteiger partial charge in [-0.2, -0.15) is 0 Å². The highest BCUT2D eigenvalue weighted by Crippen LogP contribution is 2.20. The van der Waals surface area contributed by atoms with E-state index in [9.17, 15) is 19.7 Å². The largest absolute Gasteiger partial charge is 0.462 e. The Hall–Kier alpha value is -2.60. The zero-order chi connectivity index (χ0) is 32.0. The summed E-state index contributed by atoms with van der Waals surface area (Å²) in [7, 11) is 0. The zero-order valence-electron chi connectivity index (χ0n) is 26.9. The van der Waals surface area contributed by atoms with E-state index in [4.69, 9.17) is 28.4 Å². The molecule has 0 N–H and O–H groups in total. The van der Waals surface area contributed by atoms with E-state index >= 15 is 0 Å². The maximum Gasteiger partial charge on any atom is 0.338 e. The van der Waals surface area contributed by atoms with Gasteiger partial charge in [-0.3, -0.25) is 10.1 Å². The van der Waals surface area contributed by atoms with E-state index in [1.165, 1.54) is 18.9 Å². The van der Waals surface area contributed by atoms with Crippen molar-refractivity contribution in [3.63, 3.8) is 0 Å². The summed E-state index contributed by atoms with van der Waals surface area (Å²) in [6.07, 6.45) is 18.0. The number of rotatable bonds is 23. The second kappa shape index (κ2) is 22.8. The summed E-state index contributed by atoms with van der Waals surface area (Å²) in [5, 5.41) is 11.4. The van der Waals surface area contributed by atoms with Gasteiger partial charge in [0.15, 0.2) is 12.6 Å². The summed E-state index contributed by atoms with van der Waals surface area (Å²) in [6, 6.07) is 3.57. The number of benzene rings is 1. The topological polar surface area (TPSA) is 133 Å². The fraction of sp³-hybridized carbons (Fsp3) is 0.765. The van der Waals surface area contributed by atoms with Gasteiger partial charge in [0.2, 0.25) is 0 Å². The highest BCUT2D eigenvalue weighted by Gasteiger charge is 2.20. The van der Waals surface area contributed by atoms with Crippen LogP contribution in [0, 0.1) is 10.1 Å². The number of carbonyl (C=O) groups excluding carboxylic acids is 2. The molecular weight excluding hydrogens is 582 g/mol. The smallest absolute Gasteiger partial charge is 0.338 e. The lowest BCUT2D eigenvalue weighted by molar-refractivity contribution is -0.384. The molecule has 2 heterocycles. The molecule has 1 aromatic rings. The molecule has 2 aliphatic rings. The summed E-state index contributed by atoms with van der Waals surface area (Å²) in [5.41, 5.74) is -0.413. The van der Waals surface area contributed by atoms with Crippen LogP contribution in [-0.4, -0.2) is 69.1 Å². The highest BCUT2D eigenvalue weighted by atomic mass is 16.7. The van der Waals surface area contributed by atoms with Crippen LogP contribution < -0.4 is 0 Å². The summed E-state index contributed by atoms with van der Waals surface area (Å²) in [6.45, 7) is 3.44. The summed E-state index contributed by atoms with van der Waals surface area (Å²) in [4.78, 5) is 36.0. The van der Waals surface area contributed by atoms with Crippen LogP contribution in [0.1, 0.15) is 136 Å². The molecule has 0 bridgehead atoms. The standard InChI is InChI=1S/C34H53NO10/c36-33(44-23-13-7-3-1-5-11-19-40-31-17-9-15-21-42-31)28-25-29(27-30(26-28)35(38)39)34(37)45-24-14-8-4-2-6-12-20-41-32-18-10-16-22-43-32/h25-27,31-32H,1-24H2. The fourth-order valence-electron chi connectivity index (χ4n) is 5.39. The van der Waals surface area contributed by atoms with E-state index in [-0.39, 0.29) is 42.6 Å². The lowest BCUT2D eigenvalue weighted by Crippen LogP contribution is -2.22. The third-order valence-electron chi connectivity index (χ3n) is 8.03. The van der Waals surface area contributed by atoms with E-state index in [2.05, 4.69) is 0 Å². The fourth-order valence-corrected chi connectivity index (χ4v) is 5.39. The van der Waals surface area contributed by atoms with Crippen molar-refractivity contribution in [3.05, 3.63) is 39.4 Å². The number of hydrogen-bond acceptors (Lipinski definition) is 10. The first-order valence-electron chi connectivity index (χ1n) is 17.1. The van der Waals surface area contributed by atoms with Crippen LogP contribution >= 0.6 is 0 Å². The lowest BCUT2D eigenvalue weighted by atomic mass is 10.1. The zero-order valence-corrected chi connectivity index (χ0v) is 26.9. The van der Waals surface area contributed by atoms with Crippen LogP contribution in [0.15, 0.2) is 18.2 Å². The minimum Gasteiger partial charge on any atom is -0.462 e. The number of hydrogen-bond donors (Lipinski definition) is 0. The van der Waals surface area contributed by atoms with Crippen LogP contribution in [0.3, 0.4) is 0 Å². The highest BCUT2D eigenvalue weighted by molar-refractivity contribution is 5.96. The quantitative estimate of drug-likeness (QED) is 0.0510. The third-order valence-corrected chi connectivity index (χ3v) is 8.03. The molecule has 11 nitrogen and oxygen atoms in total. The Morgan fingerprint density at radius 2 is 1.02 bits per heavy atom. The number of ether oxygens (including phenoxy) is 6. The molecule has 2 fully saturated rings. The van der Waals surface area contributed by atoms with Crippen molar-refractivity contribution in [2.75, 3.05) is 39.6 Å². The van der Waals surface area contributed by atoms with Crippen molar-refractivity contribution in [1.82, 2.24) is 0 Å². The van der Waals surface area contributed by atoms with Gasteiger partial charge in [0.1, 0.15) is 0 Å². The lowest BCUT2D eigenvalue weighted by Gasteiger charge is -2.22. The second-order valence-electron chi connectivity index (χ2n) is 11.9. The molecule has 0 aromatic heterocycles. The van der Waals surface area contributed by atoms with Gasteiger partial charge in [-0.05, 0) is 70.3 Å². The van der Waals surface area contributed by atoms with Gasteiger partial charge in [-0.25, -0.2) is 9.59 Å². The minimum atomic E-state index is -0.688. The molecule has 0 spiro atoms. The molecule has 0 aliphatic carbocycles. The van der Waals surface area contributed by atoms with E-state index in [1.807, 2.05) is 0 Å². The van der Waals surface area contributed by atoms with Gasteiger partial charge in [-0.1, -0.05) is 51.4 Å². The molecule has 45 heavy (non-hydrogen) atoms. The Bertz CT molecular complexity index is 923. The molecule has 2 aliphatic heterocycles. The van der Waals surface area contributed by atoms with E-state index < -0.39 is 16.9 Å². The maximum atomic E-state index is 12.6. The SMILES string of the molecule is O=C(OCCCCCCCCOC1CCCCO1)c1cc(C(=O)OCCCCCCCCOC2CCCCO2)cc([N+](=O)[O-])c1. The predicted molar refractivity (Wildman–Crippen MR) is 168 cm³/mol. The van der Waals surface area contributed by atoms with Gasteiger partial charge in [0.05, 0.1) is 29.3 Å². The summed E-state index contributed by atoms with van der Waals surface area (Å²) in [5.74, 6) is -1.38. The Labute approximate surface area is 267 Å². The van der Waals surface area contributed by atoms with E-state index in [1.54, 1.807) is 0 Å². The monoisotopic (exact) mass is 635 g/mol. The van der Waals surface area contributed by atoms with Crippen molar-refractivity contribution < 1.29 is 42.9 Å². The van der Waals surface area contributed by atoms with E-state index in [0.717, 1.165) is 128 Å². The first kappa shape index (κ1) is 36.9. The molecule has 1 aromatic carbocycles. The van der Waals surface area contributed by atoms with Gasteiger partial charge < -0.3 is 28.4 Å². The number of non-ortho nitro benzene ring substituents is 1. The first-order chi connectivity index (χ1) is 22.0. The van der Waals surface area contributed by atoms with Crippen molar-refractivity contribution in [1.29, 1.82) is 0 Å². The molecule has 0 saturated carbocycles. The van der Waals surface area contributed by atoms with Crippen LogP contribution in [0.4, 0.5) is 5.69 Å². The van der Waals surface area contributed by atoms with Gasteiger partial charge in [-0.15, -0.1) is 0 Å². The average Bonchev–Trinajstić information content (AvgIpc) is 3.06. The van der Waals surface area contributed by atoms with Crippen LogP contribution in [0.2, 0.25) is 0 Å². The number of carbonyl (C=O) groups is 2. The Morgan fingerprint density at radius 1 is 0.622 bits per heavy atom. The van der Waals surface area contributed by atoms with Crippen LogP contribution in [0.5, 0.6) is 0 Å². The molecule has 2 saturated heterocycles. The van der Waals surface area contributed by atoms with Gasteiger partial charge in [0.25, 0.3) is 5.69 Å². The molecule has 11 heteroatoms.